The molecule has 0 unspecified atom stereocenters. The lowest BCUT2D eigenvalue weighted by Crippen LogP contribution is -2.47. The summed E-state index contributed by atoms with van der Waals surface area (Å²) in [5.74, 6) is 0. The highest BCUT2D eigenvalue weighted by Crippen LogP contribution is 2.19. The van der Waals surface area contributed by atoms with Crippen LogP contribution in [0, 0.1) is 0 Å². The van der Waals surface area contributed by atoms with Gasteiger partial charge in [-0.15, -0.1) is 5.10 Å². The summed E-state index contributed by atoms with van der Waals surface area (Å²) in [7, 11) is 0. The van der Waals surface area contributed by atoms with Gasteiger partial charge in [-0.2, -0.15) is 0 Å². The van der Waals surface area contributed by atoms with E-state index < -0.39 is 0 Å². The van der Waals surface area contributed by atoms with E-state index in [9.17, 15) is 9.59 Å². The van der Waals surface area contributed by atoms with Crippen LogP contribution in [-0.2, 0) is 4.74 Å². The minimum absolute atomic E-state index is 0.0420. The van der Waals surface area contributed by atoms with Crippen LogP contribution in [0.3, 0.4) is 0 Å². The SMILES string of the molecule is CCOC(=O)N1CCC(NC(=O)Nc2ccc3snnc3c2)CC1. The Morgan fingerprint density at radius 1 is 1.38 bits per heavy atom. The van der Waals surface area contributed by atoms with E-state index in [-0.39, 0.29) is 18.2 Å². The van der Waals surface area contributed by atoms with Gasteiger partial charge in [0, 0.05) is 24.8 Å². The van der Waals surface area contributed by atoms with Gasteiger partial charge in [-0.25, -0.2) is 9.59 Å². The van der Waals surface area contributed by atoms with Crippen molar-refractivity contribution in [2.75, 3.05) is 25.0 Å². The summed E-state index contributed by atoms with van der Waals surface area (Å²) < 4.78 is 9.83. The molecule has 8 nitrogen and oxygen atoms in total. The van der Waals surface area contributed by atoms with E-state index in [4.69, 9.17) is 4.74 Å². The van der Waals surface area contributed by atoms with Crippen molar-refractivity contribution in [1.82, 2.24) is 19.8 Å². The minimum Gasteiger partial charge on any atom is -0.450 e. The van der Waals surface area contributed by atoms with Crippen molar-refractivity contribution in [1.29, 1.82) is 0 Å². The molecule has 1 aliphatic rings. The minimum atomic E-state index is -0.287. The molecule has 1 saturated heterocycles. The quantitative estimate of drug-likeness (QED) is 0.887. The fourth-order valence-corrected chi connectivity index (χ4v) is 3.17. The number of likely N-dealkylation sites (tertiary alicyclic amines) is 1. The molecule has 2 N–H and O–H groups in total. The molecule has 1 fully saturated rings. The smallest absolute Gasteiger partial charge is 0.409 e. The number of hydrogen-bond donors (Lipinski definition) is 2. The monoisotopic (exact) mass is 349 g/mol. The average molecular weight is 349 g/mol. The van der Waals surface area contributed by atoms with Crippen molar-refractivity contribution in [2.45, 2.75) is 25.8 Å². The molecule has 1 aromatic carbocycles. The maximum absolute atomic E-state index is 12.1. The predicted octanol–water partition coefficient (Wildman–Crippen LogP) is 2.43. The van der Waals surface area contributed by atoms with Crippen LogP contribution >= 0.6 is 11.5 Å². The molecule has 0 radical (unpaired) electrons. The van der Waals surface area contributed by atoms with E-state index in [0.29, 0.717) is 38.2 Å². The number of carbonyl (C=O) groups excluding carboxylic acids is 2. The van der Waals surface area contributed by atoms with Crippen LogP contribution in [0.5, 0.6) is 0 Å². The first-order chi connectivity index (χ1) is 11.7. The van der Waals surface area contributed by atoms with Crippen molar-refractivity contribution in [2.24, 2.45) is 0 Å². The lowest BCUT2D eigenvalue weighted by atomic mass is 10.1. The van der Waals surface area contributed by atoms with Crippen molar-refractivity contribution in [3.05, 3.63) is 18.2 Å². The van der Waals surface area contributed by atoms with E-state index >= 15 is 0 Å². The molecule has 0 atom stereocenters. The molecule has 2 heterocycles. The molecule has 3 rings (SSSR count). The summed E-state index contributed by atoms with van der Waals surface area (Å²) in [5.41, 5.74) is 1.44. The molecule has 2 aromatic rings. The number of hydrogen-bond acceptors (Lipinski definition) is 6. The van der Waals surface area contributed by atoms with Gasteiger partial charge in [-0.3, -0.25) is 0 Å². The van der Waals surface area contributed by atoms with Crippen LogP contribution in [-0.4, -0.2) is 52.3 Å². The number of fused-ring (bicyclic) bond motifs is 1. The largest absolute Gasteiger partial charge is 0.450 e. The van der Waals surface area contributed by atoms with Crippen LogP contribution in [0.25, 0.3) is 10.2 Å². The number of rotatable bonds is 3. The number of ether oxygens (including phenoxy) is 1. The summed E-state index contributed by atoms with van der Waals surface area (Å²) in [6.45, 7) is 3.33. The fourth-order valence-electron chi connectivity index (χ4n) is 2.63. The highest BCUT2D eigenvalue weighted by molar-refractivity contribution is 7.12. The molecule has 0 bridgehead atoms. The zero-order valence-electron chi connectivity index (χ0n) is 13.3. The molecule has 0 saturated carbocycles. The Hall–Kier alpha value is -2.42. The number of amides is 3. The zero-order chi connectivity index (χ0) is 16.9. The molecule has 1 aliphatic heterocycles. The second-order valence-corrected chi connectivity index (χ2v) is 6.30. The first-order valence-corrected chi connectivity index (χ1v) is 8.64. The van der Waals surface area contributed by atoms with Crippen LogP contribution in [0.4, 0.5) is 15.3 Å². The van der Waals surface area contributed by atoms with E-state index in [2.05, 4.69) is 20.2 Å². The molecule has 1 aromatic heterocycles. The highest BCUT2D eigenvalue weighted by atomic mass is 32.1. The van der Waals surface area contributed by atoms with Crippen molar-refractivity contribution >= 4 is 39.6 Å². The number of urea groups is 1. The van der Waals surface area contributed by atoms with E-state index in [1.165, 1.54) is 11.5 Å². The fraction of sp³-hybridized carbons (Fsp3) is 0.467. The van der Waals surface area contributed by atoms with E-state index in [0.717, 1.165) is 10.2 Å². The van der Waals surface area contributed by atoms with Gasteiger partial charge in [-0.1, -0.05) is 4.49 Å². The summed E-state index contributed by atoms with van der Waals surface area (Å²) in [6.07, 6.45) is 1.13. The number of benzene rings is 1. The number of anilines is 1. The Bertz CT molecular complexity index is 727. The van der Waals surface area contributed by atoms with Gasteiger partial charge in [-0.05, 0) is 49.5 Å². The molecule has 0 spiro atoms. The maximum atomic E-state index is 12.1. The summed E-state index contributed by atoms with van der Waals surface area (Å²) >= 11 is 1.32. The third kappa shape index (κ3) is 3.91. The summed E-state index contributed by atoms with van der Waals surface area (Å²) in [6, 6.07) is 5.29. The first-order valence-electron chi connectivity index (χ1n) is 7.87. The van der Waals surface area contributed by atoms with Crippen molar-refractivity contribution in [3.8, 4) is 0 Å². The van der Waals surface area contributed by atoms with Gasteiger partial charge < -0.3 is 20.3 Å². The standard InChI is InChI=1S/C15H19N5O3S/c1-2-23-15(22)20-7-5-10(6-8-20)16-14(21)17-11-3-4-13-12(9-11)18-19-24-13/h3-4,9-10H,2,5-8H2,1H3,(H2,16,17,21). The predicted molar refractivity (Wildman–Crippen MR) is 91.2 cm³/mol. The molecule has 9 heteroatoms. The Labute approximate surface area is 143 Å². The van der Waals surface area contributed by atoms with Gasteiger partial charge in [0.25, 0.3) is 0 Å². The third-order valence-electron chi connectivity index (χ3n) is 3.86. The number of nitrogens with one attached hydrogen (secondary N) is 2. The number of piperidine rings is 1. The van der Waals surface area contributed by atoms with Gasteiger partial charge in [0.15, 0.2) is 0 Å². The van der Waals surface area contributed by atoms with Crippen LogP contribution in [0.15, 0.2) is 18.2 Å². The van der Waals surface area contributed by atoms with Crippen LogP contribution in [0.1, 0.15) is 19.8 Å². The van der Waals surface area contributed by atoms with Crippen molar-refractivity contribution in [3.63, 3.8) is 0 Å². The Balaban J connectivity index is 1.48. The number of carbonyl (C=O) groups is 2. The lowest BCUT2D eigenvalue weighted by Gasteiger charge is -2.31. The third-order valence-corrected chi connectivity index (χ3v) is 4.57. The zero-order valence-corrected chi connectivity index (χ0v) is 14.1. The lowest BCUT2D eigenvalue weighted by molar-refractivity contribution is 0.0959. The molecular formula is C15H19N5O3S. The second-order valence-electron chi connectivity index (χ2n) is 5.51. The van der Waals surface area contributed by atoms with E-state index in [1.54, 1.807) is 17.9 Å². The number of nitrogens with zero attached hydrogens (tertiary/aromatic N) is 3. The molecule has 128 valence electrons. The molecule has 0 aliphatic carbocycles. The normalized spacial score (nSPS) is 15.3. The molecular weight excluding hydrogens is 330 g/mol. The first kappa shape index (κ1) is 16.4. The van der Waals surface area contributed by atoms with Gasteiger partial charge >= 0.3 is 12.1 Å². The van der Waals surface area contributed by atoms with E-state index in [1.807, 2.05) is 12.1 Å². The Morgan fingerprint density at radius 2 is 2.17 bits per heavy atom. The topological polar surface area (TPSA) is 96.5 Å². The molecule has 3 amide bonds. The van der Waals surface area contributed by atoms with Crippen LogP contribution < -0.4 is 10.6 Å². The second kappa shape index (κ2) is 7.43. The molecule has 24 heavy (non-hydrogen) atoms. The summed E-state index contributed by atoms with van der Waals surface area (Å²) in [5, 5.41) is 9.74. The Kier molecular flexibility index (Phi) is 5.09. The van der Waals surface area contributed by atoms with Gasteiger partial charge in [0.2, 0.25) is 0 Å². The summed E-state index contributed by atoms with van der Waals surface area (Å²) in [4.78, 5) is 25.4. The van der Waals surface area contributed by atoms with Crippen LogP contribution in [0.2, 0.25) is 0 Å². The van der Waals surface area contributed by atoms with Gasteiger partial charge in [0.05, 0.1) is 11.3 Å². The Morgan fingerprint density at radius 3 is 2.92 bits per heavy atom. The number of aromatic nitrogens is 2. The van der Waals surface area contributed by atoms with Gasteiger partial charge in [0.1, 0.15) is 5.52 Å². The average Bonchev–Trinajstić information content (AvgIpc) is 3.03. The highest BCUT2D eigenvalue weighted by Gasteiger charge is 2.24. The maximum Gasteiger partial charge on any atom is 0.409 e. The van der Waals surface area contributed by atoms with Crippen molar-refractivity contribution < 1.29 is 14.3 Å².